The number of aryl methyl sites for hydroxylation is 3. The highest BCUT2D eigenvalue weighted by atomic mass is 35.5. The maximum atomic E-state index is 12.5. The number of hydrogen-bond donors (Lipinski definition) is 1. The van der Waals surface area contributed by atoms with Crippen molar-refractivity contribution in [1.82, 2.24) is 19.7 Å². The van der Waals surface area contributed by atoms with Crippen molar-refractivity contribution in [3.8, 4) is 5.95 Å². The van der Waals surface area contributed by atoms with Gasteiger partial charge in [0, 0.05) is 27.7 Å². The molecule has 1 N–H and O–H groups in total. The summed E-state index contributed by atoms with van der Waals surface area (Å²) in [4.78, 5) is 21.4. The number of nitrogens with zero attached hydrogens (tertiary/aromatic N) is 4. The summed E-state index contributed by atoms with van der Waals surface area (Å²) in [6.45, 7) is 7.58. The Labute approximate surface area is 167 Å². The highest BCUT2D eigenvalue weighted by Gasteiger charge is 2.18. The Bertz CT molecular complexity index is 1010. The van der Waals surface area contributed by atoms with E-state index in [-0.39, 0.29) is 12.3 Å². The zero-order valence-corrected chi connectivity index (χ0v) is 17.0. The van der Waals surface area contributed by atoms with E-state index in [1.165, 1.54) is 0 Å². The van der Waals surface area contributed by atoms with Gasteiger partial charge in [-0.2, -0.15) is 5.10 Å². The summed E-state index contributed by atoms with van der Waals surface area (Å²) in [5, 5.41) is 8.25. The maximum absolute atomic E-state index is 12.5. The third kappa shape index (κ3) is 4.28. The molecule has 0 atom stereocenters. The summed E-state index contributed by atoms with van der Waals surface area (Å²) in [5.41, 5.74) is 4.61. The van der Waals surface area contributed by atoms with E-state index in [1.54, 1.807) is 22.9 Å². The largest absolute Gasteiger partial charge is 0.324 e. The van der Waals surface area contributed by atoms with Crippen LogP contribution in [0.2, 0.25) is 10.0 Å². The molecule has 0 aliphatic carbocycles. The predicted octanol–water partition coefficient (Wildman–Crippen LogP) is 4.38. The van der Waals surface area contributed by atoms with Gasteiger partial charge in [-0.3, -0.25) is 4.79 Å². The normalized spacial score (nSPS) is 10.9. The number of rotatable bonds is 4. The number of aromatic nitrogens is 4. The fraction of sp³-hybridized carbons (Fsp3) is 0.263. The molecule has 0 radical (unpaired) electrons. The van der Waals surface area contributed by atoms with Crippen LogP contribution in [0.25, 0.3) is 5.95 Å². The highest BCUT2D eigenvalue weighted by Crippen LogP contribution is 2.26. The molecule has 3 aromatic rings. The molecule has 0 bridgehead atoms. The monoisotopic (exact) mass is 403 g/mol. The van der Waals surface area contributed by atoms with E-state index in [0.717, 1.165) is 28.3 Å². The third-order valence-corrected chi connectivity index (χ3v) is 4.71. The van der Waals surface area contributed by atoms with E-state index in [9.17, 15) is 4.79 Å². The van der Waals surface area contributed by atoms with Crippen molar-refractivity contribution < 1.29 is 4.79 Å². The lowest BCUT2D eigenvalue weighted by atomic mass is 10.1. The number of benzene rings is 1. The Morgan fingerprint density at radius 2 is 1.74 bits per heavy atom. The molecule has 0 unspecified atom stereocenters. The van der Waals surface area contributed by atoms with Crippen molar-refractivity contribution >= 4 is 34.8 Å². The number of anilines is 1. The fourth-order valence-corrected chi connectivity index (χ4v) is 3.21. The summed E-state index contributed by atoms with van der Waals surface area (Å²) >= 11 is 12.1. The van der Waals surface area contributed by atoms with Gasteiger partial charge in [-0.15, -0.1) is 0 Å². The number of amides is 1. The van der Waals surface area contributed by atoms with Crippen molar-refractivity contribution in [3.05, 3.63) is 62.6 Å². The summed E-state index contributed by atoms with van der Waals surface area (Å²) in [5.74, 6) is 0.295. The molecule has 140 valence electrons. The first-order chi connectivity index (χ1) is 12.7. The van der Waals surface area contributed by atoms with Gasteiger partial charge in [0.25, 0.3) is 5.95 Å². The fourth-order valence-electron chi connectivity index (χ4n) is 2.88. The van der Waals surface area contributed by atoms with E-state index < -0.39 is 0 Å². The summed E-state index contributed by atoms with van der Waals surface area (Å²) < 4.78 is 1.67. The van der Waals surface area contributed by atoms with Crippen LogP contribution >= 0.6 is 23.2 Å². The highest BCUT2D eigenvalue weighted by molar-refractivity contribution is 6.35. The molecule has 8 heteroatoms. The minimum absolute atomic E-state index is 0.158. The predicted molar refractivity (Wildman–Crippen MR) is 107 cm³/mol. The summed E-state index contributed by atoms with van der Waals surface area (Å²) in [6.07, 6.45) is 0.158. The number of carbonyl (C=O) groups is 1. The Kier molecular flexibility index (Phi) is 5.48. The second kappa shape index (κ2) is 7.66. The zero-order chi connectivity index (χ0) is 19.7. The molecule has 0 fully saturated rings. The number of nitrogens with one attached hydrogen (secondary N) is 1. The van der Waals surface area contributed by atoms with Gasteiger partial charge in [-0.25, -0.2) is 14.6 Å². The van der Waals surface area contributed by atoms with Crippen molar-refractivity contribution in [3.63, 3.8) is 0 Å². The minimum Gasteiger partial charge on any atom is -0.324 e. The molecule has 6 nitrogen and oxygen atoms in total. The van der Waals surface area contributed by atoms with Crippen molar-refractivity contribution in [2.24, 2.45) is 0 Å². The van der Waals surface area contributed by atoms with Crippen LogP contribution in [0.4, 0.5) is 5.69 Å². The number of halogens is 2. The quantitative estimate of drug-likeness (QED) is 0.700. The Balaban J connectivity index is 1.86. The van der Waals surface area contributed by atoms with Gasteiger partial charge in [-0.05, 0) is 52.0 Å². The summed E-state index contributed by atoms with van der Waals surface area (Å²) in [6, 6.07) is 6.83. The van der Waals surface area contributed by atoms with E-state index >= 15 is 0 Å². The van der Waals surface area contributed by atoms with Crippen LogP contribution in [0.5, 0.6) is 0 Å². The molecular formula is C19H19Cl2N5O. The molecule has 0 spiro atoms. The number of hydrogen-bond acceptors (Lipinski definition) is 4. The van der Waals surface area contributed by atoms with Crippen LogP contribution in [0.15, 0.2) is 24.3 Å². The van der Waals surface area contributed by atoms with Crippen LogP contribution in [0.1, 0.15) is 28.3 Å². The van der Waals surface area contributed by atoms with Crippen LogP contribution in [0.3, 0.4) is 0 Å². The Morgan fingerprint density at radius 1 is 1.07 bits per heavy atom. The lowest BCUT2D eigenvalue weighted by Crippen LogP contribution is -2.16. The lowest BCUT2D eigenvalue weighted by molar-refractivity contribution is -0.115. The molecule has 0 aliphatic heterocycles. The third-order valence-electron chi connectivity index (χ3n) is 4.14. The Morgan fingerprint density at radius 3 is 2.41 bits per heavy atom. The van der Waals surface area contributed by atoms with Crippen molar-refractivity contribution in [1.29, 1.82) is 0 Å². The molecule has 0 saturated carbocycles. The average Bonchev–Trinajstić information content (AvgIpc) is 2.85. The Hall–Kier alpha value is -2.44. The first-order valence-electron chi connectivity index (χ1n) is 8.37. The standard InChI is InChI=1S/C19H19Cl2N5O/c1-10-7-11(2)23-19(22-10)26-13(4)15(12(3)25-26)9-18(27)24-17-8-14(20)5-6-16(17)21/h5-8H,9H2,1-4H3,(H,24,27). The molecule has 2 aromatic heterocycles. The smallest absolute Gasteiger partial charge is 0.251 e. The van der Waals surface area contributed by atoms with Gasteiger partial charge >= 0.3 is 0 Å². The van der Waals surface area contributed by atoms with E-state index in [2.05, 4.69) is 20.4 Å². The van der Waals surface area contributed by atoms with Gasteiger partial charge in [0.2, 0.25) is 5.91 Å². The molecule has 0 aliphatic rings. The molecule has 0 saturated heterocycles. The van der Waals surface area contributed by atoms with E-state index in [4.69, 9.17) is 23.2 Å². The molecule has 1 amide bonds. The second-order valence-electron chi connectivity index (χ2n) is 6.36. The molecule has 1 aromatic carbocycles. The topological polar surface area (TPSA) is 72.7 Å². The van der Waals surface area contributed by atoms with Gasteiger partial charge in [-0.1, -0.05) is 23.2 Å². The van der Waals surface area contributed by atoms with Crippen molar-refractivity contribution in [2.45, 2.75) is 34.1 Å². The first kappa shape index (κ1) is 19.3. The SMILES string of the molecule is Cc1cc(C)nc(-n2nc(C)c(CC(=O)Nc3cc(Cl)ccc3Cl)c2C)n1. The number of carbonyl (C=O) groups excluding carboxylic acids is 1. The molecule has 3 rings (SSSR count). The van der Waals surface area contributed by atoms with Gasteiger partial charge < -0.3 is 5.32 Å². The van der Waals surface area contributed by atoms with Gasteiger partial charge in [0.05, 0.1) is 22.8 Å². The summed E-state index contributed by atoms with van der Waals surface area (Å²) in [7, 11) is 0. The van der Waals surface area contributed by atoms with Crippen molar-refractivity contribution in [2.75, 3.05) is 5.32 Å². The zero-order valence-electron chi connectivity index (χ0n) is 15.5. The minimum atomic E-state index is -0.203. The molecule has 2 heterocycles. The van der Waals surface area contributed by atoms with Gasteiger partial charge in [0.15, 0.2) is 0 Å². The first-order valence-corrected chi connectivity index (χ1v) is 9.13. The van der Waals surface area contributed by atoms with E-state index in [0.29, 0.717) is 21.7 Å². The lowest BCUT2D eigenvalue weighted by Gasteiger charge is -2.08. The average molecular weight is 404 g/mol. The maximum Gasteiger partial charge on any atom is 0.251 e. The van der Waals surface area contributed by atoms with Crippen LogP contribution < -0.4 is 5.32 Å². The van der Waals surface area contributed by atoms with Crippen LogP contribution in [-0.2, 0) is 11.2 Å². The molecular weight excluding hydrogens is 385 g/mol. The van der Waals surface area contributed by atoms with Crippen LogP contribution in [-0.4, -0.2) is 25.7 Å². The van der Waals surface area contributed by atoms with Gasteiger partial charge in [0.1, 0.15) is 0 Å². The second-order valence-corrected chi connectivity index (χ2v) is 7.20. The molecule has 27 heavy (non-hydrogen) atoms. The van der Waals surface area contributed by atoms with E-state index in [1.807, 2.05) is 33.8 Å². The van der Waals surface area contributed by atoms with Crippen LogP contribution in [0, 0.1) is 27.7 Å².